The molecule has 0 spiro atoms. The topological polar surface area (TPSA) is 89.3 Å². The third kappa shape index (κ3) is 3.97. The Morgan fingerprint density at radius 3 is 2.56 bits per heavy atom. The van der Waals surface area contributed by atoms with Gasteiger partial charge in [0.25, 0.3) is 5.91 Å². The summed E-state index contributed by atoms with van der Waals surface area (Å²) in [6.07, 6.45) is 2.71. The average Bonchev–Trinajstić information content (AvgIpc) is 3.25. The van der Waals surface area contributed by atoms with Crippen LogP contribution in [0.2, 0.25) is 0 Å². The number of hydrogen-bond acceptors (Lipinski definition) is 6. The van der Waals surface area contributed by atoms with Gasteiger partial charge in [-0.25, -0.2) is 13.4 Å². The number of carbonyl (C=O) groups excluding carboxylic acids is 1. The Morgan fingerprint density at radius 2 is 1.96 bits per heavy atom. The standard InChI is InChI=1S/C17H16N2O4S2/c1-11(12-5-7-13(8-6-12)25(2,21)22)18-16(20)14-10-24-17(19-14)15-4-3-9-23-15/h3-11H,1-2H3,(H,18,20). The van der Waals surface area contributed by atoms with E-state index in [2.05, 4.69) is 10.3 Å². The number of thiazole rings is 1. The minimum Gasteiger partial charge on any atom is -0.462 e. The van der Waals surface area contributed by atoms with E-state index in [4.69, 9.17) is 4.42 Å². The van der Waals surface area contributed by atoms with Crippen molar-refractivity contribution in [3.8, 4) is 10.8 Å². The van der Waals surface area contributed by atoms with Gasteiger partial charge in [-0.15, -0.1) is 11.3 Å². The highest BCUT2D eigenvalue weighted by Gasteiger charge is 2.16. The fraction of sp³-hybridized carbons (Fsp3) is 0.176. The van der Waals surface area contributed by atoms with Gasteiger partial charge >= 0.3 is 0 Å². The molecular formula is C17H16N2O4S2. The molecule has 0 aliphatic carbocycles. The molecule has 130 valence electrons. The number of hydrogen-bond donors (Lipinski definition) is 1. The molecule has 3 rings (SSSR count). The minimum absolute atomic E-state index is 0.248. The first-order chi connectivity index (χ1) is 11.8. The van der Waals surface area contributed by atoms with Gasteiger partial charge in [0.2, 0.25) is 0 Å². The molecule has 0 saturated heterocycles. The second-order valence-electron chi connectivity index (χ2n) is 5.55. The van der Waals surface area contributed by atoms with Gasteiger partial charge in [-0.1, -0.05) is 12.1 Å². The SMILES string of the molecule is CC(NC(=O)c1csc(-c2ccco2)n1)c1ccc(S(C)(=O)=O)cc1. The van der Waals surface area contributed by atoms with Crippen LogP contribution in [0.25, 0.3) is 10.8 Å². The van der Waals surface area contributed by atoms with Crippen LogP contribution in [0.4, 0.5) is 0 Å². The Labute approximate surface area is 149 Å². The van der Waals surface area contributed by atoms with E-state index in [1.807, 2.05) is 6.92 Å². The molecule has 2 heterocycles. The number of nitrogens with zero attached hydrogens (tertiary/aromatic N) is 1. The monoisotopic (exact) mass is 376 g/mol. The van der Waals surface area contributed by atoms with E-state index in [0.29, 0.717) is 16.5 Å². The van der Waals surface area contributed by atoms with Crippen LogP contribution in [0.3, 0.4) is 0 Å². The van der Waals surface area contributed by atoms with Crippen molar-refractivity contribution in [2.75, 3.05) is 6.26 Å². The van der Waals surface area contributed by atoms with E-state index >= 15 is 0 Å². The van der Waals surface area contributed by atoms with Gasteiger partial charge < -0.3 is 9.73 Å². The van der Waals surface area contributed by atoms with Crippen LogP contribution in [0.5, 0.6) is 0 Å². The highest BCUT2D eigenvalue weighted by Crippen LogP contribution is 2.24. The van der Waals surface area contributed by atoms with Crippen LogP contribution in [-0.4, -0.2) is 25.6 Å². The summed E-state index contributed by atoms with van der Waals surface area (Å²) in [5.74, 6) is 0.321. The van der Waals surface area contributed by atoms with Crippen molar-refractivity contribution in [3.63, 3.8) is 0 Å². The van der Waals surface area contributed by atoms with Gasteiger partial charge in [-0.3, -0.25) is 4.79 Å². The average molecular weight is 376 g/mol. The first-order valence-electron chi connectivity index (χ1n) is 7.45. The number of nitrogens with one attached hydrogen (secondary N) is 1. The largest absolute Gasteiger partial charge is 0.462 e. The minimum atomic E-state index is -3.23. The number of amides is 1. The van der Waals surface area contributed by atoms with Gasteiger partial charge in [-0.2, -0.15) is 0 Å². The van der Waals surface area contributed by atoms with Gasteiger partial charge in [-0.05, 0) is 36.8 Å². The molecule has 6 nitrogen and oxygen atoms in total. The summed E-state index contributed by atoms with van der Waals surface area (Å²) in [4.78, 5) is 16.9. The number of rotatable bonds is 5. The Hall–Kier alpha value is -2.45. The van der Waals surface area contributed by atoms with Crippen LogP contribution >= 0.6 is 11.3 Å². The summed E-state index contributed by atoms with van der Waals surface area (Å²) in [7, 11) is -3.23. The summed E-state index contributed by atoms with van der Waals surface area (Å²) in [5, 5.41) is 5.17. The maximum absolute atomic E-state index is 12.3. The third-order valence-corrected chi connectivity index (χ3v) is 5.61. The van der Waals surface area contributed by atoms with Crippen LogP contribution in [0, 0.1) is 0 Å². The Kier molecular flexibility index (Phi) is 4.73. The molecular weight excluding hydrogens is 360 g/mol. The maximum atomic E-state index is 12.3. The normalized spacial score (nSPS) is 12.7. The molecule has 0 saturated carbocycles. The lowest BCUT2D eigenvalue weighted by Crippen LogP contribution is -2.26. The van der Waals surface area contributed by atoms with Crippen molar-refractivity contribution in [2.45, 2.75) is 17.9 Å². The van der Waals surface area contributed by atoms with E-state index in [-0.39, 0.29) is 16.8 Å². The summed E-state index contributed by atoms with van der Waals surface area (Å²) >= 11 is 1.33. The van der Waals surface area contributed by atoms with Crippen LogP contribution < -0.4 is 5.32 Å². The molecule has 0 aliphatic heterocycles. The predicted octanol–water partition coefficient (Wildman–Crippen LogP) is 3.30. The zero-order chi connectivity index (χ0) is 18.0. The molecule has 3 aromatic rings. The highest BCUT2D eigenvalue weighted by molar-refractivity contribution is 7.90. The number of aromatic nitrogens is 1. The van der Waals surface area contributed by atoms with E-state index in [0.717, 1.165) is 11.8 Å². The van der Waals surface area contributed by atoms with E-state index < -0.39 is 9.84 Å². The van der Waals surface area contributed by atoms with Crippen molar-refractivity contribution in [1.29, 1.82) is 0 Å². The molecule has 2 aromatic heterocycles. The molecule has 1 atom stereocenters. The highest BCUT2D eigenvalue weighted by atomic mass is 32.2. The van der Waals surface area contributed by atoms with Gasteiger partial charge in [0, 0.05) is 11.6 Å². The first kappa shape index (κ1) is 17.4. The fourth-order valence-corrected chi connectivity index (χ4v) is 3.65. The van der Waals surface area contributed by atoms with E-state index in [9.17, 15) is 13.2 Å². The van der Waals surface area contributed by atoms with Crippen molar-refractivity contribution in [1.82, 2.24) is 10.3 Å². The molecule has 0 fully saturated rings. The third-order valence-electron chi connectivity index (χ3n) is 3.62. The van der Waals surface area contributed by atoms with Gasteiger partial charge in [0.15, 0.2) is 20.6 Å². The first-order valence-corrected chi connectivity index (χ1v) is 10.2. The molecule has 0 radical (unpaired) electrons. The van der Waals surface area contributed by atoms with Crippen molar-refractivity contribution >= 4 is 27.1 Å². The molecule has 8 heteroatoms. The van der Waals surface area contributed by atoms with E-state index in [1.54, 1.807) is 35.9 Å². The zero-order valence-electron chi connectivity index (χ0n) is 13.6. The number of sulfone groups is 1. The molecule has 1 aromatic carbocycles. The quantitative estimate of drug-likeness (QED) is 0.738. The molecule has 0 bridgehead atoms. The Balaban J connectivity index is 1.70. The van der Waals surface area contributed by atoms with Gasteiger partial charge in [0.05, 0.1) is 17.2 Å². The van der Waals surface area contributed by atoms with E-state index in [1.165, 1.54) is 23.5 Å². The molecule has 25 heavy (non-hydrogen) atoms. The fourth-order valence-electron chi connectivity index (χ4n) is 2.25. The lowest BCUT2D eigenvalue weighted by Gasteiger charge is -2.13. The maximum Gasteiger partial charge on any atom is 0.271 e. The van der Waals surface area contributed by atoms with Gasteiger partial charge in [0.1, 0.15) is 5.69 Å². The summed E-state index contributed by atoms with van der Waals surface area (Å²) in [6.45, 7) is 1.83. The number of benzene rings is 1. The summed E-state index contributed by atoms with van der Waals surface area (Å²) in [6, 6.07) is 9.71. The molecule has 0 aliphatic rings. The Morgan fingerprint density at radius 1 is 1.24 bits per heavy atom. The number of furan rings is 1. The second-order valence-corrected chi connectivity index (χ2v) is 8.43. The van der Waals surface area contributed by atoms with Crippen LogP contribution in [0.15, 0.2) is 57.4 Å². The Bertz CT molecular complexity index is 974. The molecule has 1 amide bonds. The molecule has 1 unspecified atom stereocenters. The smallest absolute Gasteiger partial charge is 0.271 e. The predicted molar refractivity (Wildman–Crippen MR) is 95.2 cm³/mol. The summed E-state index contributed by atoms with van der Waals surface area (Å²) < 4.78 is 28.3. The van der Waals surface area contributed by atoms with Crippen molar-refractivity contribution in [2.24, 2.45) is 0 Å². The molecule has 1 N–H and O–H groups in total. The lowest BCUT2D eigenvalue weighted by molar-refractivity contribution is 0.0935. The van der Waals surface area contributed by atoms with Crippen LogP contribution in [-0.2, 0) is 9.84 Å². The zero-order valence-corrected chi connectivity index (χ0v) is 15.2. The lowest BCUT2D eigenvalue weighted by atomic mass is 10.1. The number of carbonyl (C=O) groups is 1. The summed E-state index contributed by atoms with van der Waals surface area (Å²) in [5.41, 5.74) is 1.12. The van der Waals surface area contributed by atoms with Crippen LogP contribution in [0.1, 0.15) is 29.0 Å². The van der Waals surface area contributed by atoms with Crippen molar-refractivity contribution < 1.29 is 17.6 Å². The van der Waals surface area contributed by atoms with Crippen molar-refractivity contribution in [3.05, 3.63) is 59.3 Å². The second kappa shape index (κ2) is 6.81.